The Labute approximate surface area is 184 Å². The number of sulfone groups is 1. The molecule has 31 heavy (non-hydrogen) atoms. The smallest absolute Gasteiger partial charge is 0.258 e. The summed E-state index contributed by atoms with van der Waals surface area (Å²) in [5, 5.41) is 0.730. The highest BCUT2D eigenvalue weighted by Gasteiger charge is 2.44. The molecule has 2 atom stereocenters. The van der Waals surface area contributed by atoms with Crippen molar-refractivity contribution in [2.45, 2.75) is 31.7 Å². The minimum atomic E-state index is -3.02. The van der Waals surface area contributed by atoms with E-state index in [1.165, 1.54) is 16.2 Å². The van der Waals surface area contributed by atoms with Crippen LogP contribution in [0.4, 0.5) is 5.69 Å². The van der Waals surface area contributed by atoms with Gasteiger partial charge in [0.05, 0.1) is 29.8 Å². The molecule has 0 bridgehead atoms. The molecule has 0 aliphatic carbocycles. The molecule has 2 aliphatic rings. The van der Waals surface area contributed by atoms with Crippen molar-refractivity contribution in [3.63, 3.8) is 0 Å². The van der Waals surface area contributed by atoms with Crippen LogP contribution in [0.1, 0.15) is 16.8 Å². The van der Waals surface area contributed by atoms with E-state index in [9.17, 15) is 13.2 Å². The number of fused-ring (bicyclic) bond motifs is 2. The van der Waals surface area contributed by atoms with Gasteiger partial charge in [0.15, 0.2) is 15.0 Å². The van der Waals surface area contributed by atoms with E-state index in [4.69, 9.17) is 4.99 Å². The Morgan fingerprint density at radius 1 is 1.13 bits per heavy atom. The number of aryl methyl sites for hydroxylation is 2. The average molecular weight is 455 g/mol. The van der Waals surface area contributed by atoms with Crippen LogP contribution in [0.5, 0.6) is 0 Å². The standard InChI is InChI=1S/C22H22N4O3S2/c1-14-7-15(2)9-17(8-14)26(22-24-18-12-31(28,29)13-19(18)30-22)11-16-10-21(27)25-6-4-3-5-20(25)23-16/h3-10,18-19H,11-13H2,1-2H3. The van der Waals surface area contributed by atoms with Crippen molar-refractivity contribution in [1.82, 2.24) is 9.38 Å². The van der Waals surface area contributed by atoms with E-state index in [-0.39, 0.29) is 28.4 Å². The largest absolute Gasteiger partial charge is 0.315 e. The van der Waals surface area contributed by atoms with Crippen LogP contribution >= 0.6 is 11.8 Å². The van der Waals surface area contributed by atoms with Crippen molar-refractivity contribution in [2.75, 3.05) is 16.4 Å². The summed E-state index contributed by atoms with van der Waals surface area (Å²) in [4.78, 5) is 24.1. The van der Waals surface area contributed by atoms with Crippen LogP contribution in [-0.2, 0) is 16.4 Å². The number of benzene rings is 1. The molecule has 0 spiro atoms. The molecule has 2 aromatic heterocycles. The van der Waals surface area contributed by atoms with E-state index in [0.717, 1.165) is 22.0 Å². The first kappa shape index (κ1) is 20.3. The maximum Gasteiger partial charge on any atom is 0.258 e. The lowest BCUT2D eigenvalue weighted by molar-refractivity contribution is 0.601. The molecule has 5 rings (SSSR count). The molecule has 1 fully saturated rings. The Kier molecular flexibility index (Phi) is 4.90. The molecule has 0 amide bonds. The Morgan fingerprint density at radius 3 is 2.65 bits per heavy atom. The molecular weight excluding hydrogens is 432 g/mol. The zero-order valence-corrected chi connectivity index (χ0v) is 18.9. The van der Waals surface area contributed by atoms with Gasteiger partial charge in [-0.3, -0.25) is 14.2 Å². The first-order chi connectivity index (χ1) is 14.8. The Morgan fingerprint density at radius 2 is 1.90 bits per heavy atom. The van der Waals surface area contributed by atoms with Crippen LogP contribution in [0.3, 0.4) is 0 Å². The molecule has 0 N–H and O–H groups in total. The maximum atomic E-state index is 12.6. The number of pyridine rings is 1. The van der Waals surface area contributed by atoms with E-state index in [1.54, 1.807) is 18.3 Å². The fourth-order valence-corrected chi connectivity index (χ4v) is 7.97. The minimum absolute atomic E-state index is 0.0522. The van der Waals surface area contributed by atoms with Crippen LogP contribution in [0.25, 0.3) is 5.65 Å². The second kappa shape index (κ2) is 7.49. The first-order valence-electron chi connectivity index (χ1n) is 10.1. The van der Waals surface area contributed by atoms with Gasteiger partial charge in [-0.15, -0.1) is 0 Å². The molecule has 0 saturated carbocycles. The topological polar surface area (TPSA) is 84.1 Å². The number of amidine groups is 1. The van der Waals surface area contributed by atoms with E-state index in [2.05, 4.69) is 28.1 Å². The van der Waals surface area contributed by atoms with Gasteiger partial charge in [-0.2, -0.15) is 0 Å². The summed E-state index contributed by atoms with van der Waals surface area (Å²) in [5.41, 5.74) is 4.31. The summed E-state index contributed by atoms with van der Waals surface area (Å²) >= 11 is 1.51. The predicted molar refractivity (Wildman–Crippen MR) is 125 cm³/mol. The van der Waals surface area contributed by atoms with Gasteiger partial charge >= 0.3 is 0 Å². The third kappa shape index (κ3) is 3.99. The van der Waals surface area contributed by atoms with Crippen LogP contribution in [-0.4, -0.2) is 45.8 Å². The maximum absolute atomic E-state index is 12.6. The summed E-state index contributed by atoms with van der Waals surface area (Å²) in [6.07, 6.45) is 1.70. The minimum Gasteiger partial charge on any atom is -0.315 e. The summed E-state index contributed by atoms with van der Waals surface area (Å²) in [5.74, 6) is 0.260. The van der Waals surface area contributed by atoms with Gasteiger partial charge in [0.25, 0.3) is 5.56 Å². The fraction of sp³-hybridized carbons (Fsp3) is 0.318. The van der Waals surface area contributed by atoms with Crippen LogP contribution in [0, 0.1) is 13.8 Å². The Hall–Kier alpha value is -2.65. The van der Waals surface area contributed by atoms with E-state index >= 15 is 0 Å². The van der Waals surface area contributed by atoms with Crippen LogP contribution < -0.4 is 10.5 Å². The highest BCUT2D eigenvalue weighted by atomic mass is 32.2. The molecule has 2 unspecified atom stereocenters. The number of aromatic nitrogens is 2. The summed E-state index contributed by atoms with van der Waals surface area (Å²) in [6, 6.07) is 13.1. The molecule has 7 nitrogen and oxygen atoms in total. The summed E-state index contributed by atoms with van der Waals surface area (Å²) < 4.78 is 25.5. The Bertz CT molecular complexity index is 1360. The van der Waals surface area contributed by atoms with Gasteiger partial charge < -0.3 is 4.90 Å². The van der Waals surface area contributed by atoms with Crippen LogP contribution in [0.15, 0.2) is 58.4 Å². The lowest BCUT2D eigenvalue weighted by Crippen LogP contribution is -2.30. The normalized spacial score (nSPS) is 21.8. The second-order valence-corrected chi connectivity index (χ2v) is 11.5. The number of anilines is 1. The molecule has 3 aromatic rings. The molecule has 1 aromatic carbocycles. The molecular formula is C22H22N4O3S2. The monoisotopic (exact) mass is 454 g/mol. The van der Waals surface area contributed by atoms with Crippen molar-refractivity contribution in [3.05, 3.63) is 75.8 Å². The second-order valence-electron chi connectivity index (χ2n) is 8.16. The highest BCUT2D eigenvalue weighted by Crippen LogP contribution is 2.37. The zero-order valence-electron chi connectivity index (χ0n) is 17.2. The summed E-state index contributed by atoms with van der Waals surface area (Å²) in [6.45, 7) is 4.46. The van der Waals surface area contributed by atoms with Crippen LogP contribution in [0.2, 0.25) is 0 Å². The molecule has 160 valence electrons. The van der Waals surface area contributed by atoms with Gasteiger partial charge in [0.2, 0.25) is 0 Å². The lowest BCUT2D eigenvalue weighted by Gasteiger charge is -2.25. The van der Waals surface area contributed by atoms with Gasteiger partial charge in [0.1, 0.15) is 5.65 Å². The number of hydrogen-bond acceptors (Lipinski definition) is 7. The van der Waals surface area contributed by atoms with Gasteiger partial charge in [0, 0.05) is 23.2 Å². The first-order valence-corrected chi connectivity index (χ1v) is 12.8. The van der Waals surface area contributed by atoms with Crippen molar-refractivity contribution >= 4 is 38.1 Å². The zero-order chi connectivity index (χ0) is 21.8. The van der Waals surface area contributed by atoms with E-state index < -0.39 is 9.84 Å². The summed E-state index contributed by atoms with van der Waals surface area (Å²) in [7, 11) is -3.02. The molecule has 0 radical (unpaired) electrons. The highest BCUT2D eigenvalue weighted by molar-refractivity contribution is 8.15. The molecule has 4 heterocycles. The van der Waals surface area contributed by atoms with E-state index in [1.807, 2.05) is 26.0 Å². The Balaban J connectivity index is 1.56. The van der Waals surface area contributed by atoms with E-state index in [0.29, 0.717) is 17.9 Å². The van der Waals surface area contributed by atoms with Crippen molar-refractivity contribution < 1.29 is 8.42 Å². The number of thioether (sulfide) groups is 1. The predicted octanol–water partition coefficient (Wildman–Crippen LogP) is 2.59. The van der Waals surface area contributed by atoms with Crippen molar-refractivity contribution in [1.29, 1.82) is 0 Å². The van der Waals surface area contributed by atoms with Crippen molar-refractivity contribution in [3.8, 4) is 0 Å². The fourth-order valence-electron chi connectivity index (χ4n) is 4.19. The number of aliphatic imine (C=N–C) groups is 1. The number of rotatable bonds is 3. The third-order valence-corrected chi connectivity index (χ3v) is 8.75. The number of hydrogen-bond donors (Lipinski definition) is 0. The molecule has 1 saturated heterocycles. The van der Waals surface area contributed by atoms with Gasteiger partial charge in [-0.05, 0) is 49.2 Å². The quantitative estimate of drug-likeness (QED) is 0.605. The van der Waals surface area contributed by atoms with Gasteiger partial charge in [-0.25, -0.2) is 13.4 Å². The third-order valence-electron chi connectivity index (χ3n) is 5.50. The van der Waals surface area contributed by atoms with Gasteiger partial charge in [-0.1, -0.05) is 23.9 Å². The molecule has 9 heteroatoms. The SMILES string of the molecule is Cc1cc(C)cc(N(Cc2cc(=O)n3ccccc3n2)C2=NC3CS(=O)(=O)CC3S2)c1. The lowest BCUT2D eigenvalue weighted by atomic mass is 10.1. The molecule has 2 aliphatic heterocycles. The van der Waals surface area contributed by atoms with Crippen molar-refractivity contribution in [2.24, 2.45) is 4.99 Å². The average Bonchev–Trinajstić information content (AvgIpc) is 3.18. The number of nitrogens with zero attached hydrogens (tertiary/aromatic N) is 4.